The minimum atomic E-state index is -0.809. The SMILES string of the molecule is CC1CCCC(O)(c2cc3cc(Cl)ccc3o2)CC1. The standard InChI is InChI=1S/C16H19ClO2/c1-11-3-2-7-16(18,8-6-11)15-10-12-9-13(17)4-5-14(12)19-15/h4-5,9-11,18H,2-3,6-8H2,1H3. The van der Waals surface area contributed by atoms with Gasteiger partial charge in [0.2, 0.25) is 0 Å². The molecular formula is C16H19ClO2. The molecule has 0 radical (unpaired) electrons. The van der Waals surface area contributed by atoms with Crippen molar-refractivity contribution in [2.24, 2.45) is 5.92 Å². The lowest BCUT2D eigenvalue weighted by molar-refractivity contribution is 0.000350. The van der Waals surface area contributed by atoms with Gasteiger partial charge in [-0.05, 0) is 55.9 Å². The average Bonchev–Trinajstić information content (AvgIpc) is 2.72. The predicted molar refractivity (Wildman–Crippen MR) is 77.4 cm³/mol. The Morgan fingerprint density at radius 1 is 1.26 bits per heavy atom. The summed E-state index contributed by atoms with van der Waals surface area (Å²) in [6.07, 6.45) is 4.85. The van der Waals surface area contributed by atoms with Gasteiger partial charge >= 0.3 is 0 Å². The van der Waals surface area contributed by atoms with Gasteiger partial charge in [0.25, 0.3) is 0 Å². The molecule has 102 valence electrons. The summed E-state index contributed by atoms with van der Waals surface area (Å²) in [5, 5.41) is 12.5. The van der Waals surface area contributed by atoms with Crippen LogP contribution in [0.4, 0.5) is 0 Å². The van der Waals surface area contributed by atoms with Crippen LogP contribution in [0.3, 0.4) is 0 Å². The molecule has 1 saturated carbocycles. The molecule has 1 aliphatic carbocycles. The molecule has 1 fully saturated rings. The molecule has 2 atom stereocenters. The van der Waals surface area contributed by atoms with E-state index in [1.807, 2.05) is 24.3 Å². The van der Waals surface area contributed by atoms with E-state index >= 15 is 0 Å². The zero-order valence-electron chi connectivity index (χ0n) is 11.2. The molecule has 1 N–H and O–H groups in total. The Hall–Kier alpha value is -0.990. The monoisotopic (exact) mass is 278 g/mol. The highest BCUT2D eigenvalue weighted by Crippen LogP contribution is 2.40. The fourth-order valence-electron chi connectivity index (χ4n) is 2.99. The van der Waals surface area contributed by atoms with E-state index in [1.165, 1.54) is 6.42 Å². The van der Waals surface area contributed by atoms with Crippen LogP contribution in [0, 0.1) is 5.92 Å². The summed E-state index contributed by atoms with van der Waals surface area (Å²) in [5.74, 6) is 1.38. The first-order valence-corrected chi connectivity index (χ1v) is 7.37. The molecule has 2 nitrogen and oxygen atoms in total. The first-order valence-electron chi connectivity index (χ1n) is 6.99. The van der Waals surface area contributed by atoms with Crippen molar-refractivity contribution in [2.45, 2.75) is 44.6 Å². The maximum Gasteiger partial charge on any atom is 0.136 e. The number of aliphatic hydroxyl groups is 1. The van der Waals surface area contributed by atoms with Gasteiger partial charge in [0, 0.05) is 10.4 Å². The number of hydrogen-bond donors (Lipinski definition) is 1. The Bertz CT molecular complexity index is 589. The highest BCUT2D eigenvalue weighted by atomic mass is 35.5. The Labute approximate surface area is 118 Å². The Morgan fingerprint density at radius 3 is 2.95 bits per heavy atom. The van der Waals surface area contributed by atoms with Crippen LogP contribution in [0.2, 0.25) is 5.02 Å². The van der Waals surface area contributed by atoms with Crippen LogP contribution in [0.25, 0.3) is 11.0 Å². The molecule has 19 heavy (non-hydrogen) atoms. The molecule has 1 heterocycles. The van der Waals surface area contributed by atoms with Crippen LogP contribution >= 0.6 is 11.6 Å². The van der Waals surface area contributed by atoms with E-state index in [1.54, 1.807) is 0 Å². The summed E-state index contributed by atoms with van der Waals surface area (Å²) in [6.45, 7) is 2.25. The van der Waals surface area contributed by atoms with E-state index in [2.05, 4.69) is 6.92 Å². The highest BCUT2D eigenvalue weighted by molar-refractivity contribution is 6.31. The van der Waals surface area contributed by atoms with Gasteiger partial charge in [-0.1, -0.05) is 24.9 Å². The highest BCUT2D eigenvalue weighted by Gasteiger charge is 2.34. The third-order valence-corrected chi connectivity index (χ3v) is 4.51. The predicted octanol–water partition coefficient (Wildman–Crippen LogP) is 4.87. The molecule has 0 bridgehead atoms. The molecule has 0 spiro atoms. The van der Waals surface area contributed by atoms with Gasteiger partial charge < -0.3 is 9.52 Å². The molecule has 1 aromatic heterocycles. The van der Waals surface area contributed by atoms with E-state index in [4.69, 9.17) is 16.0 Å². The molecule has 3 heteroatoms. The van der Waals surface area contributed by atoms with Gasteiger partial charge in [0.15, 0.2) is 0 Å². The second kappa shape index (κ2) is 4.84. The van der Waals surface area contributed by atoms with Crippen LogP contribution in [0.15, 0.2) is 28.7 Å². The van der Waals surface area contributed by atoms with Crippen molar-refractivity contribution in [3.05, 3.63) is 35.0 Å². The molecule has 3 rings (SSSR count). The van der Waals surface area contributed by atoms with Gasteiger partial charge in [-0.3, -0.25) is 0 Å². The lowest BCUT2D eigenvalue weighted by atomic mass is 9.91. The van der Waals surface area contributed by atoms with Gasteiger partial charge in [0.05, 0.1) is 0 Å². The van der Waals surface area contributed by atoms with Crippen LogP contribution in [-0.2, 0) is 5.60 Å². The number of rotatable bonds is 1. The maximum atomic E-state index is 10.9. The number of furan rings is 1. The molecule has 0 aliphatic heterocycles. The second-order valence-corrected chi connectivity index (χ2v) is 6.30. The zero-order chi connectivity index (χ0) is 13.5. The molecule has 2 unspecified atom stereocenters. The van der Waals surface area contributed by atoms with E-state index in [-0.39, 0.29) is 0 Å². The third-order valence-electron chi connectivity index (χ3n) is 4.27. The molecule has 0 saturated heterocycles. The number of benzene rings is 1. The summed E-state index contributed by atoms with van der Waals surface area (Å²) >= 11 is 5.99. The molecule has 2 aromatic rings. The summed E-state index contributed by atoms with van der Waals surface area (Å²) < 4.78 is 5.85. The number of halogens is 1. The van der Waals surface area contributed by atoms with Crippen molar-refractivity contribution in [3.63, 3.8) is 0 Å². The van der Waals surface area contributed by atoms with E-state index < -0.39 is 5.60 Å². The molecular weight excluding hydrogens is 260 g/mol. The van der Waals surface area contributed by atoms with Crippen molar-refractivity contribution in [1.29, 1.82) is 0 Å². The molecule has 1 aromatic carbocycles. The van der Waals surface area contributed by atoms with Crippen LogP contribution < -0.4 is 0 Å². The summed E-state index contributed by atoms with van der Waals surface area (Å²) in [7, 11) is 0. The van der Waals surface area contributed by atoms with Crippen molar-refractivity contribution in [3.8, 4) is 0 Å². The minimum Gasteiger partial charge on any atom is -0.458 e. The Kier molecular flexibility index (Phi) is 3.32. The minimum absolute atomic E-state index is 0.688. The number of hydrogen-bond acceptors (Lipinski definition) is 2. The van der Waals surface area contributed by atoms with Crippen molar-refractivity contribution in [1.82, 2.24) is 0 Å². The van der Waals surface area contributed by atoms with E-state index in [0.717, 1.165) is 36.7 Å². The van der Waals surface area contributed by atoms with Gasteiger partial charge in [-0.25, -0.2) is 0 Å². The topological polar surface area (TPSA) is 33.4 Å². The first kappa shape index (κ1) is 13.0. The fourth-order valence-corrected chi connectivity index (χ4v) is 3.17. The van der Waals surface area contributed by atoms with Crippen LogP contribution in [0.5, 0.6) is 0 Å². The summed E-state index contributed by atoms with van der Waals surface area (Å²) in [5.41, 5.74) is -0.0129. The van der Waals surface area contributed by atoms with Gasteiger partial charge in [0.1, 0.15) is 16.9 Å². The molecule has 0 amide bonds. The average molecular weight is 279 g/mol. The summed E-state index contributed by atoms with van der Waals surface area (Å²) in [4.78, 5) is 0. The van der Waals surface area contributed by atoms with Gasteiger partial charge in [-0.15, -0.1) is 0 Å². The fraction of sp³-hybridized carbons (Fsp3) is 0.500. The van der Waals surface area contributed by atoms with Crippen molar-refractivity contribution in [2.75, 3.05) is 0 Å². The largest absolute Gasteiger partial charge is 0.458 e. The lowest BCUT2D eigenvalue weighted by Gasteiger charge is -2.23. The van der Waals surface area contributed by atoms with Crippen LogP contribution in [-0.4, -0.2) is 5.11 Å². The van der Waals surface area contributed by atoms with E-state index in [9.17, 15) is 5.11 Å². The molecule has 1 aliphatic rings. The quantitative estimate of drug-likeness (QED) is 0.755. The zero-order valence-corrected chi connectivity index (χ0v) is 11.9. The normalized spacial score (nSPS) is 28.5. The Balaban J connectivity index is 1.98. The second-order valence-electron chi connectivity index (χ2n) is 5.86. The van der Waals surface area contributed by atoms with Crippen molar-refractivity contribution >= 4 is 22.6 Å². The third kappa shape index (κ3) is 2.52. The smallest absolute Gasteiger partial charge is 0.136 e. The Morgan fingerprint density at radius 2 is 2.11 bits per heavy atom. The number of fused-ring (bicyclic) bond motifs is 1. The summed E-state index contributed by atoms with van der Waals surface area (Å²) in [6, 6.07) is 7.50. The lowest BCUT2D eigenvalue weighted by Crippen LogP contribution is -2.24. The van der Waals surface area contributed by atoms with E-state index in [0.29, 0.717) is 16.7 Å². The first-order chi connectivity index (χ1) is 9.07. The maximum absolute atomic E-state index is 10.9. The van der Waals surface area contributed by atoms with Gasteiger partial charge in [-0.2, -0.15) is 0 Å². The van der Waals surface area contributed by atoms with Crippen molar-refractivity contribution < 1.29 is 9.52 Å². The van der Waals surface area contributed by atoms with Crippen LogP contribution in [0.1, 0.15) is 44.8 Å².